The van der Waals surface area contributed by atoms with Crippen molar-refractivity contribution in [3.05, 3.63) is 35.6 Å². The summed E-state index contributed by atoms with van der Waals surface area (Å²) in [4.78, 5) is 34.8. The van der Waals surface area contributed by atoms with Gasteiger partial charge >= 0.3 is 5.97 Å². The van der Waals surface area contributed by atoms with Crippen LogP contribution in [0.25, 0.3) is 0 Å². The highest BCUT2D eigenvalue weighted by atomic mass is 19.1. The second-order valence-corrected chi connectivity index (χ2v) is 5.16. The highest BCUT2D eigenvalue weighted by molar-refractivity contribution is 5.97. The number of halogens is 1. The van der Waals surface area contributed by atoms with Crippen LogP contribution in [0.4, 0.5) is 4.39 Å². The van der Waals surface area contributed by atoms with E-state index in [0.29, 0.717) is 19.3 Å². The Kier molecular flexibility index (Phi) is 4.67. The summed E-state index contributed by atoms with van der Waals surface area (Å²) in [5, 5.41) is 11.6. The maximum absolute atomic E-state index is 13.5. The second-order valence-electron chi connectivity index (χ2n) is 5.16. The first-order valence-electron chi connectivity index (χ1n) is 6.79. The minimum atomic E-state index is -1.21. The van der Waals surface area contributed by atoms with Gasteiger partial charge in [0, 0.05) is 12.8 Å². The van der Waals surface area contributed by atoms with E-state index in [1.165, 1.54) is 18.2 Å². The molecule has 0 saturated heterocycles. The Morgan fingerprint density at radius 2 is 2.05 bits per heavy atom. The number of ketones is 1. The summed E-state index contributed by atoms with van der Waals surface area (Å²) in [6.07, 6.45) is 1.75. The molecule has 0 heterocycles. The number of Topliss-reactive ketones (excluding diaryl/α,β-unsaturated/α-hetero) is 1. The monoisotopic (exact) mass is 293 g/mol. The lowest BCUT2D eigenvalue weighted by Gasteiger charge is -2.27. The second kappa shape index (κ2) is 6.47. The molecule has 2 rings (SSSR count). The molecule has 1 fully saturated rings. The SMILES string of the molecule is O=C1CCC[C@H]([C@H](NC(=O)c2ccccc2F)C(=O)O)C1. The standard InChI is InChI=1S/C15H16FNO4/c16-12-7-2-1-6-11(12)14(19)17-13(15(20)21)9-4-3-5-10(18)8-9/h1-2,6-7,9,13H,3-5,8H2,(H,17,19)(H,20,21)/t9-,13-/m0/s1. The van der Waals surface area contributed by atoms with Crippen LogP contribution >= 0.6 is 0 Å². The highest BCUT2D eigenvalue weighted by Gasteiger charge is 2.33. The molecule has 1 amide bonds. The van der Waals surface area contributed by atoms with Crippen molar-refractivity contribution in [2.75, 3.05) is 0 Å². The molecular weight excluding hydrogens is 277 g/mol. The third-order valence-electron chi connectivity index (χ3n) is 3.66. The predicted molar refractivity (Wildman–Crippen MR) is 72.3 cm³/mol. The van der Waals surface area contributed by atoms with Crippen molar-refractivity contribution in [1.29, 1.82) is 0 Å². The first-order chi connectivity index (χ1) is 9.99. The van der Waals surface area contributed by atoms with Gasteiger partial charge in [0.2, 0.25) is 0 Å². The number of carbonyl (C=O) groups excluding carboxylic acids is 2. The van der Waals surface area contributed by atoms with Crippen LogP contribution in [0.1, 0.15) is 36.0 Å². The summed E-state index contributed by atoms with van der Waals surface area (Å²) in [5.74, 6) is -3.14. The molecule has 2 atom stereocenters. The number of rotatable bonds is 4. The molecule has 2 N–H and O–H groups in total. The fraction of sp³-hybridized carbons (Fsp3) is 0.400. The van der Waals surface area contributed by atoms with Crippen LogP contribution in [-0.2, 0) is 9.59 Å². The van der Waals surface area contributed by atoms with E-state index in [1.54, 1.807) is 0 Å². The zero-order chi connectivity index (χ0) is 15.4. The van der Waals surface area contributed by atoms with Crippen molar-refractivity contribution < 1.29 is 23.9 Å². The molecule has 0 aromatic heterocycles. The smallest absolute Gasteiger partial charge is 0.326 e. The summed E-state index contributed by atoms with van der Waals surface area (Å²) in [7, 11) is 0. The van der Waals surface area contributed by atoms with Gasteiger partial charge in [0.25, 0.3) is 5.91 Å². The maximum atomic E-state index is 13.5. The minimum Gasteiger partial charge on any atom is -0.480 e. The zero-order valence-corrected chi connectivity index (χ0v) is 11.3. The van der Waals surface area contributed by atoms with E-state index in [0.717, 1.165) is 6.07 Å². The van der Waals surface area contributed by atoms with E-state index in [4.69, 9.17) is 0 Å². The minimum absolute atomic E-state index is 0.00218. The number of nitrogens with one attached hydrogen (secondary N) is 1. The molecule has 0 radical (unpaired) electrons. The van der Waals surface area contributed by atoms with Crippen molar-refractivity contribution in [2.45, 2.75) is 31.7 Å². The van der Waals surface area contributed by atoms with Crippen molar-refractivity contribution >= 4 is 17.7 Å². The number of aliphatic carboxylic acids is 1. The first kappa shape index (κ1) is 15.2. The van der Waals surface area contributed by atoms with Crippen molar-refractivity contribution in [2.24, 2.45) is 5.92 Å². The fourth-order valence-electron chi connectivity index (χ4n) is 2.59. The van der Waals surface area contributed by atoms with Gasteiger partial charge in [-0.3, -0.25) is 9.59 Å². The Balaban J connectivity index is 2.13. The van der Waals surface area contributed by atoms with Gasteiger partial charge in [-0.1, -0.05) is 12.1 Å². The number of amides is 1. The molecule has 1 aliphatic rings. The third kappa shape index (κ3) is 3.65. The van der Waals surface area contributed by atoms with Gasteiger partial charge < -0.3 is 10.4 Å². The Labute approximate surface area is 121 Å². The number of carboxylic acid groups (broad SMARTS) is 1. The van der Waals surface area contributed by atoms with Gasteiger partial charge in [0.15, 0.2) is 0 Å². The normalized spacial score (nSPS) is 19.9. The van der Waals surface area contributed by atoms with Crippen LogP contribution in [0.15, 0.2) is 24.3 Å². The van der Waals surface area contributed by atoms with E-state index in [9.17, 15) is 23.9 Å². The molecule has 0 spiro atoms. The number of carbonyl (C=O) groups is 3. The lowest BCUT2D eigenvalue weighted by Crippen LogP contribution is -2.47. The van der Waals surface area contributed by atoms with E-state index >= 15 is 0 Å². The van der Waals surface area contributed by atoms with E-state index in [1.807, 2.05) is 0 Å². The topological polar surface area (TPSA) is 83.5 Å². The largest absolute Gasteiger partial charge is 0.480 e. The average Bonchev–Trinajstić information content (AvgIpc) is 2.44. The van der Waals surface area contributed by atoms with Crippen molar-refractivity contribution in [3.63, 3.8) is 0 Å². The molecule has 5 nitrogen and oxygen atoms in total. The van der Waals surface area contributed by atoms with Gasteiger partial charge in [0.1, 0.15) is 17.6 Å². The van der Waals surface area contributed by atoms with Crippen LogP contribution in [0.3, 0.4) is 0 Å². The molecule has 0 bridgehead atoms. The summed E-state index contributed by atoms with van der Waals surface area (Å²) in [6, 6.07) is 4.18. The quantitative estimate of drug-likeness (QED) is 0.886. The molecule has 1 saturated carbocycles. The molecule has 1 aromatic carbocycles. The number of hydrogen-bond donors (Lipinski definition) is 2. The van der Waals surface area contributed by atoms with Gasteiger partial charge in [-0.05, 0) is 30.9 Å². The fourth-order valence-corrected chi connectivity index (χ4v) is 2.59. The Morgan fingerprint density at radius 3 is 2.67 bits per heavy atom. The Bertz CT molecular complexity index is 573. The average molecular weight is 293 g/mol. The zero-order valence-electron chi connectivity index (χ0n) is 11.3. The summed E-state index contributed by atoms with van der Waals surface area (Å²) in [6.45, 7) is 0. The van der Waals surface area contributed by atoms with Crippen LogP contribution in [0.2, 0.25) is 0 Å². The van der Waals surface area contributed by atoms with Gasteiger partial charge in [-0.15, -0.1) is 0 Å². The van der Waals surface area contributed by atoms with Crippen molar-refractivity contribution in [3.8, 4) is 0 Å². The van der Waals surface area contributed by atoms with Crippen molar-refractivity contribution in [1.82, 2.24) is 5.32 Å². The lowest BCUT2D eigenvalue weighted by molar-refractivity contribution is -0.141. The predicted octanol–water partition coefficient (Wildman–Crippen LogP) is 1.77. The first-order valence-corrected chi connectivity index (χ1v) is 6.79. The van der Waals surface area contributed by atoms with Gasteiger partial charge in [0.05, 0.1) is 5.56 Å². The molecule has 112 valence electrons. The summed E-state index contributed by atoms with van der Waals surface area (Å²) >= 11 is 0. The highest BCUT2D eigenvalue weighted by Crippen LogP contribution is 2.25. The Morgan fingerprint density at radius 1 is 1.33 bits per heavy atom. The lowest BCUT2D eigenvalue weighted by atomic mass is 9.83. The van der Waals surface area contributed by atoms with Gasteiger partial charge in [-0.2, -0.15) is 0 Å². The van der Waals surface area contributed by atoms with E-state index in [2.05, 4.69) is 5.32 Å². The van der Waals surface area contributed by atoms with Gasteiger partial charge in [-0.25, -0.2) is 9.18 Å². The third-order valence-corrected chi connectivity index (χ3v) is 3.66. The van der Waals surface area contributed by atoms with Crippen LogP contribution < -0.4 is 5.32 Å². The molecule has 1 aromatic rings. The molecule has 0 unspecified atom stereocenters. The molecule has 0 aliphatic heterocycles. The van der Waals surface area contributed by atoms with E-state index in [-0.39, 0.29) is 17.8 Å². The number of hydrogen-bond acceptors (Lipinski definition) is 3. The van der Waals surface area contributed by atoms with Crippen LogP contribution in [-0.4, -0.2) is 28.8 Å². The summed E-state index contributed by atoms with van der Waals surface area (Å²) < 4.78 is 13.5. The van der Waals surface area contributed by atoms with Crippen LogP contribution in [0.5, 0.6) is 0 Å². The molecule has 6 heteroatoms. The Hall–Kier alpha value is -2.24. The maximum Gasteiger partial charge on any atom is 0.326 e. The molecule has 1 aliphatic carbocycles. The van der Waals surface area contributed by atoms with Crippen LogP contribution in [0, 0.1) is 11.7 Å². The van der Waals surface area contributed by atoms with E-state index < -0.39 is 29.7 Å². The number of carboxylic acids is 1. The number of benzene rings is 1. The summed E-state index contributed by atoms with van der Waals surface area (Å²) in [5.41, 5.74) is -0.203. The molecule has 21 heavy (non-hydrogen) atoms. The molecular formula is C15H16FNO4.